The molecule has 0 aliphatic heterocycles. The van der Waals surface area contributed by atoms with Crippen LogP contribution in [0, 0.1) is 0 Å². The Balaban J connectivity index is 1.35. The van der Waals surface area contributed by atoms with Gasteiger partial charge in [-0.05, 0) is 49.7 Å². The van der Waals surface area contributed by atoms with Gasteiger partial charge in [-0.15, -0.1) is 0 Å². The molecule has 0 aliphatic rings. The van der Waals surface area contributed by atoms with Gasteiger partial charge in [0.05, 0.1) is 22.5 Å². The van der Waals surface area contributed by atoms with Crippen molar-refractivity contribution in [1.82, 2.24) is 20.0 Å². The lowest BCUT2D eigenvalue weighted by Gasteiger charge is -2.08. The van der Waals surface area contributed by atoms with E-state index < -0.39 is 10.0 Å². The zero-order chi connectivity index (χ0) is 21.4. The molecule has 0 radical (unpaired) electrons. The fourth-order valence-electron chi connectivity index (χ4n) is 2.96. The lowest BCUT2D eigenvalue weighted by atomic mass is 10.3. The third kappa shape index (κ3) is 6.04. The second kappa shape index (κ2) is 10.2. The molecule has 0 saturated carbocycles. The summed E-state index contributed by atoms with van der Waals surface area (Å²) >= 11 is 0. The molecule has 3 rings (SSSR count). The number of hydrogen-bond donors (Lipinski definition) is 3. The predicted octanol–water partition coefficient (Wildman–Crippen LogP) is 2.38. The van der Waals surface area contributed by atoms with Crippen molar-refractivity contribution >= 4 is 27.0 Å². The molecule has 0 aliphatic carbocycles. The molecule has 0 saturated heterocycles. The molecule has 1 amide bonds. The fourth-order valence-corrected chi connectivity index (χ4v) is 3.99. The van der Waals surface area contributed by atoms with Crippen LogP contribution in [0.25, 0.3) is 11.0 Å². The van der Waals surface area contributed by atoms with Crippen molar-refractivity contribution in [3.05, 3.63) is 54.4 Å². The van der Waals surface area contributed by atoms with Crippen molar-refractivity contribution in [2.75, 3.05) is 19.7 Å². The van der Waals surface area contributed by atoms with Gasteiger partial charge in [0.1, 0.15) is 11.6 Å². The van der Waals surface area contributed by atoms with E-state index in [9.17, 15) is 13.2 Å². The van der Waals surface area contributed by atoms with E-state index in [1.54, 1.807) is 12.1 Å². The molecule has 3 N–H and O–H groups in total. The van der Waals surface area contributed by atoms with Crippen molar-refractivity contribution in [2.24, 2.45) is 0 Å². The Hall–Kier alpha value is -2.91. The van der Waals surface area contributed by atoms with E-state index in [1.165, 1.54) is 12.1 Å². The predicted molar refractivity (Wildman–Crippen MR) is 115 cm³/mol. The first kappa shape index (κ1) is 21.8. The summed E-state index contributed by atoms with van der Waals surface area (Å²) in [5.74, 6) is 1.29. The van der Waals surface area contributed by atoms with Crippen LogP contribution in [-0.2, 0) is 21.2 Å². The van der Waals surface area contributed by atoms with Gasteiger partial charge in [0.2, 0.25) is 15.9 Å². The zero-order valence-electron chi connectivity index (χ0n) is 16.8. The molecule has 2 aromatic carbocycles. The molecule has 0 bridgehead atoms. The number of hydrogen-bond acceptors (Lipinski definition) is 5. The number of benzene rings is 2. The van der Waals surface area contributed by atoms with E-state index in [0.29, 0.717) is 18.9 Å². The van der Waals surface area contributed by atoms with E-state index in [2.05, 4.69) is 20.0 Å². The smallest absolute Gasteiger partial charge is 0.240 e. The number of carbonyl (C=O) groups is 1. The fraction of sp³-hybridized carbons (Fsp3) is 0.333. The molecule has 9 heteroatoms. The molecule has 0 fully saturated rings. The maximum absolute atomic E-state index is 12.3. The van der Waals surface area contributed by atoms with Gasteiger partial charge in [0, 0.05) is 25.9 Å². The van der Waals surface area contributed by atoms with Gasteiger partial charge >= 0.3 is 0 Å². The van der Waals surface area contributed by atoms with Crippen LogP contribution in [0.1, 0.15) is 25.6 Å². The maximum Gasteiger partial charge on any atom is 0.240 e. The number of H-pyrrole nitrogens is 1. The van der Waals surface area contributed by atoms with Gasteiger partial charge in [-0.2, -0.15) is 0 Å². The summed E-state index contributed by atoms with van der Waals surface area (Å²) in [6.07, 6.45) is 1.53. The van der Waals surface area contributed by atoms with Crippen LogP contribution in [0.4, 0.5) is 0 Å². The summed E-state index contributed by atoms with van der Waals surface area (Å²) < 4.78 is 32.3. The Kier molecular flexibility index (Phi) is 7.42. The number of para-hydroxylation sites is 2. The average molecular weight is 431 g/mol. The van der Waals surface area contributed by atoms with Crippen LogP contribution < -0.4 is 14.8 Å². The lowest BCUT2D eigenvalue weighted by molar-refractivity contribution is -0.120. The molecule has 0 atom stereocenters. The quantitative estimate of drug-likeness (QED) is 0.404. The van der Waals surface area contributed by atoms with Crippen molar-refractivity contribution in [3.8, 4) is 5.75 Å². The van der Waals surface area contributed by atoms with E-state index in [-0.39, 0.29) is 23.8 Å². The van der Waals surface area contributed by atoms with E-state index >= 15 is 0 Å². The number of nitrogens with one attached hydrogen (secondary N) is 3. The number of carbonyl (C=O) groups excluding carboxylic acids is 1. The molecule has 3 aromatic rings. The molecular formula is C21H26N4O4S. The minimum atomic E-state index is -3.66. The molecule has 0 spiro atoms. The minimum Gasteiger partial charge on any atom is -0.494 e. The Morgan fingerprint density at radius 3 is 2.60 bits per heavy atom. The maximum atomic E-state index is 12.3. The first-order valence-electron chi connectivity index (χ1n) is 9.91. The highest BCUT2D eigenvalue weighted by atomic mass is 32.2. The van der Waals surface area contributed by atoms with Gasteiger partial charge < -0.3 is 15.0 Å². The van der Waals surface area contributed by atoms with Crippen LogP contribution >= 0.6 is 0 Å². The molecule has 30 heavy (non-hydrogen) atoms. The number of aryl methyl sites for hydroxylation is 1. The number of nitrogens with zero attached hydrogens (tertiary/aromatic N) is 1. The molecule has 160 valence electrons. The Morgan fingerprint density at radius 2 is 1.87 bits per heavy atom. The third-order valence-corrected chi connectivity index (χ3v) is 5.92. The van der Waals surface area contributed by atoms with Crippen LogP contribution in [0.5, 0.6) is 5.75 Å². The van der Waals surface area contributed by atoms with E-state index in [4.69, 9.17) is 4.74 Å². The zero-order valence-corrected chi connectivity index (χ0v) is 17.7. The molecule has 1 heterocycles. The molecule has 8 nitrogen and oxygen atoms in total. The first-order chi connectivity index (χ1) is 14.5. The second-order valence-electron chi connectivity index (χ2n) is 6.71. The number of ether oxygens (including phenoxy) is 1. The van der Waals surface area contributed by atoms with E-state index in [1.807, 2.05) is 31.2 Å². The summed E-state index contributed by atoms with van der Waals surface area (Å²) in [7, 11) is -3.66. The highest BCUT2D eigenvalue weighted by molar-refractivity contribution is 7.89. The van der Waals surface area contributed by atoms with Crippen LogP contribution in [-0.4, -0.2) is 44.0 Å². The van der Waals surface area contributed by atoms with Gasteiger partial charge in [0.15, 0.2) is 0 Å². The van der Waals surface area contributed by atoms with Crippen LogP contribution in [0.15, 0.2) is 53.4 Å². The van der Waals surface area contributed by atoms with Crippen molar-refractivity contribution < 1.29 is 17.9 Å². The largest absolute Gasteiger partial charge is 0.494 e. The first-order valence-corrected chi connectivity index (χ1v) is 11.4. The Morgan fingerprint density at radius 1 is 1.10 bits per heavy atom. The van der Waals surface area contributed by atoms with Gasteiger partial charge in [0.25, 0.3) is 0 Å². The number of rotatable bonds is 11. The topological polar surface area (TPSA) is 113 Å². The summed E-state index contributed by atoms with van der Waals surface area (Å²) in [6.45, 7) is 2.90. The second-order valence-corrected chi connectivity index (χ2v) is 8.47. The number of imidazole rings is 1. The highest BCUT2D eigenvalue weighted by Crippen LogP contribution is 2.15. The third-order valence-electron chi connectivity index (χ3n) is 4.44. The molecule has 1 aromatic heterocycles. The number of aromatic nitrogens is 2. The standard InChI is InChI=1S/C21H26N4O4S/c1-2-29-16-9-11-17(12-10-16)30(27,28)23-15-13-21(26)22-14-5-8-20-24-18-6-3-4-7-19(18)25-20/h3-4,6-7,9-12,23H,2,5,8,13-15H2,1H3,(H,22,26)(H,24,25). The number of aromatic amines is 1. The van der Waals surface area contributed by atoms with Crippen molar-refractivity contribution in [2.45, 2.75) is 31.1 Å². The number of sulfonamides is 1. The number of amides is 1. The van der Waals surface area contributed by atoms with Crippen molar-refractivity contribution in [1.29, 1.82) is 0 Å². The normalized spacial score (nSPS) is 11.5. The van der Waals surface area contributed by atoms with Crippen LogP contribution in [0.3, 0.4) is 0 Å². The van der Waals surface area contributed by atoms with Gasteiger partial charge in [-0.3, -0.25) is 4.79 Å². The SMILES string of the molecule is CCOc1ccc(S(=O)(=O)NCCC(=O)NCCCc2nc3ccccc3[nH]2)cc1. The summed E-state index contributed by atoms with van der Waals surface area (Å²) in [5, 5.41) is 2.80. The monoisotopic (exact) mass is 430 g/mol. The average Bonchev–Trinajstić information content (AvgIpc) is 3.15. The molecular weight excluding hydrogens is 404 g/mol. The summed E-state index contributed by atoms with van der Waals surface area (Å²) in [5.41, 5.74) is 1.92. The minimum absolute atomic E-state index is 0.0327. The van der Waals surface area contributed by atoms with Gasteiger partial charge in [-0.1, -0.05) is 12.1 Å². The highest BCUT2D eigenvalue weighted by Gasteiger charge is 2.14. The summed E-state index contributed by atoms with van der Waals surface area (Å²) in [6, 6.07) is 14.0. The van der Waals surface area contributed by atoms with Crippen LogP contribution in [0.2, 0.25) is 0 Å². The summed E-state index contributed by atoms with van der Waals surface area (Å²) in [4.78, 5) is 19.8. The van der Waals surface area contributed by atoms with E-state index in [0.717, 1.165) is 29.7 Å². The Bertz CT molecular complexity index is 1040. The number of fused-ring (bicyclic) bond motifs is 1. The lowest BCUT2D eigenvalue weighted by Crippen LogP contribution is -2.31. The van der Waals surface area contributed by atoms with Gasteiger partial charge in [-0.25, -0.2) is 18.1 Å². The van der Waals surface area contributed by atoms with Crippen molar-refractivity contribution in [3.63, 3.8) is 0 Å². The molecule has 0 unspecified atom stereocenters. The Labute approximate surface area is 176 Å².